The molecule has 0 radical (unpaired) electrons. The summed E-state index contributed by atoms with van der Waals surface area (Å²) in [7, 11) is 0. The number of aromatic nitrogens is 1. The molecule has 3 aromatic rings. The Bertz CT molecular complexity index is 1330. The smallest absolute Gasteiger partial charge is 0.319 e. The van der Waals surface area contributed by atoms with Crippen LogP contribution >= 0.6 is 11.3 Å². The van der Waals surface area contributed by atoms with E-state index in [1.807, 2.05) is 43.3 Å². The predicted octanol–water partition coefficient (Wildman–Crippen LogP) is 6.08. The van der Waals surface area contributed by atoms with Crippen LogP contribution in [0.4, 0.5) is 14.9 Å². The van der Waals surface area contributed by atoms with Crippen molar-refractivity contribution < 1.29 is 18.7 Å². The molecule has 9 heteroatoms. The van der Waals surface area contributed by atoms with Crippen LogP contribution in [0.25, 0.3) is 10.6 Å². The van der Waals surface area contributed by atoms with Crippen LogP contribution in [-0.4, -0.2) is 60.1 Å². The lowest BCUT2D eigenvalue weighted by molar-refractivity contribution is -0.0306. The van der Waals surface area contributed by atoms with Gasteiger partial charge < -0.3 is 20.3 Å². The van der Waals surface area contributed by atoms with Crippen molar-refractivity contribution in [2.45, 2.75) is 58.1 Å². The van der Waals surface area contributed by atoms with E-state index in [2.05, 4.69) is 20.5 Å². The molecule has 212 valence electrons. The fourth-order valence-electron chi connectivity index (χ4n) is 5.79. The Kier molecular flexibility index (Phi) is 9.24. The number of carbonyl (C=O) groups excluding carboxylic acids is 2. The van der Waals surface area contributed by atoms with Crippen LogP contribution in [0.3, 0.4) is 0 Å². The summed E-state index contributed by atoms with van der Waals surface area (Å²) in [6, 6.07) is 14.0. The first-order valence-corrected chi connectivity index (χ1v) is 14.9. The van der Waals surface area contributed by atoms with Gasteiger partial charge in [-0.2, -0.15) is 0 Å². The lowest BCUT2D eigenvalue weighted by Crippen LogP contribution is -2.53. The second-order valence-electron chi connectivity index (χ2n) is 10.9. The zero-order valence-corrected chi connectivity index (χ0v) is 23.9. The van der Waals surface area contributed by atoms with Gasteiger partial charge in [0.2, 0.25) is 0 Å². The van der Waals surface area contributed by atoms with Crippen molar-refractivity contribution in [3.8, 4) is 10.6 Å². The van der Waals surface area contributed by atoms with Crippen molar-refractivity contribution in [2.75, 3.05) is 31.6 Å². The summed E-state index contributed by atoms with van der Waals surface area (Å²) in [5.41, 5.74) is 3.42. The van der Waals surface area contributed by atoms with Crippen LogP contribution in [0.1, 0.15) is 53.5 Å². The summed E-state index contributed by atoms with van der Waals surface area (Å²) in [6.07, 6.45) is 4.95. The van der Waals surface area contributed by atoms with Gasteiger partial charge in [0.25, 0.3) is 0 Å². The molecule has 2 aromatic carbocycles. The molecule has 1 aromatic heterocycles. The lowest BCUT2D eigenvalue weighted by atomic mass is 9.90. The molecule has 5 rings (SSSR count). The van der Waals surface area contributed by atoms with E-state index in [1.165, 1.54) is 35.5 Å². The molecule has 2 fully saturated rings. The van der Waals surface area contributed by atoms with E-state index < -0.39 is 0 Å². The Morgan fingerprint density at radius 1 is 1.15 bits per heavy atom. The minimum absolute atomic E-state index is 0.00659. The van der Waals surface area contributed by atoms with E-state index in [1.54, 1.807) is 6.92 Å². The number of hydrogen-bond acceptors (Lipinski definition) is 6. The molecule has 0 saturated carbocycles. The fraction of sp³-hybridized carbons (Fsp3) is 0.452. The van der Waals surface area contributed by atoms with Gasteiger partial charge in [-0.1, -0.05) is 24.3 Å². The monoisotopic (exact) mass is 564 g/mol. The van der Waals surface area contributed by atoms with Gasteiger partial charge in [0.05, 0.1) is 22.7 Å². The van der Waals surface area contributed by atoms with Crippen LogP contribution < -0.4 is 10.6 Å². The highest BCUT2D eigenvalue weighted by molar-refractivity contribution is 7.17. The van der Waals surface area contributed by atoms with E-state index in [-0.39, 0.29) is 29.8 Å². The number of rotatable bonds is 8. The van der Waals surface area contributed by atoms with E-state index in [0.29, 0.717) is 23.1 Å². The number of nitrogens with one attached hydrogen (secondary N) is 2. The zero-order valence-electron chi connectivity index (χ0n) is 23.1. The number of carbonyl (C=O) groups is 2. The number of anilines is 1. The number of ketones is 1. The molecule has 40 heavy (non-hydrogen) atoms. The normalized spacial score (nSPS) is 21.6. The molecule has 2 saturated heterocycles. The highest BCUT2D eigenvalue weighted by atomic mass is 32.1. The number of nitrogens with zero attached hydrogens (tertiary/aromatic N) is 2. The summed E-state index contributed by atoms with van der Waals surface area (Å²) >= 11 is 1.37. The molecule has 7 nitrogen and oxygen atoms in total. The van der Waals surface area contributed by atoms with Gasteiger partial charge in [0, 0.05) is 37.9 Å². The predicted molar refractivity (Wildman–Crippen MR) is 156 cm³/mol. The topological polar surface area (TPSA) is 83.6 Å². The summed E-state index contributed by atoms with van der Waals surface area (Å²) in [6.45, 7) is 6.87. The molecule has 2 amide bonds. The maximum atomic E-state index is 13.3. The van der Waals surface area contributed by atoms with Gasteiger partial charge >= 0.3 is 6.03 Å². The standard InChI is InChI=1S/C31H37FN4O3S/c1-20-29(21(2)37)40-30(33-20)24-7-3-8-26(17-24)34-31(38)35-27-9-5-15-39-28(27)19-36-14-4-6-23(18-36)16-22-10-12-25(32)13-11-22/h3,7-8,10-13,17,23,27-28H,4-6,9,14-16,18-19H2,1-2H3,(H2,34,35,38)/t23-,27+,28+/m0/s1. The number of amides is 2. The molecule has 0 bridgehead atoms. The summed E-state index contributed by atoms with van der Waals surface area (Å²) < 4.78 is 19.5. The summed E-state index contributed by atoms with van der Waals surface area (Å²) in [5, 5.41) is 6.88. The number of Topliss-reactive ketones (excluding diaryl/α,β-unsaturated/α-hetero) is 1. The maximum absolute atomic E-state index is 13.3. The molecule has 0 spiro atoms. The van der Waals surface area contributed by atoms with E-state index in [0.717, 1.165) is 61.6 Å². The van der Waals surface area contributed by atoms with Crippen molar-refractivity contribution in [3.05, 3.63) is 70.5 Å². The van der Waals surface area contributed by atoms with Gasteiger partial charge in [0.15, 0.2) is 5.78 Å². The first kappa shape index (κ1) is 28.4. The van der Waals surface area contributed by atoms with Crippen molar-refractivity contribution in [2.24, 2.45) is 5.92 Å². The van der Waals surface area contributed by atoms with Crippen molar-refractivity contribution in [1.82, 2.24) is 15.2 Å². The Labute approximate surface area is 239 Å². The first-order chi connectivity index (χ1) is 19.3. The number of aryl methyl sites for hydroxylation is 1. The molecule has 0 aliphatic carbocycles. The highest BCUT2D eigenvalue weighted by Gasteiger charge is 2.31. The van der Waals surface area contributed by atoms with Crippen LogP contribution in [0.5, 0.6) is 0 Å². The number of benzene rings is 2. The van der Waals surface area contributed by atoms with Gasteiger partial charge in [-0.25, -0.2) is 14.2 Å². The number of ether oxygens (including phenoxy) is 1. The maximum Gasteiger partial charge on any atom is 0.319 e. The van der Waals surface area contributed by atoms with Crippen molar-refractivity contribution in [1.29, 1.82) is 0 Å². The molecular formula is C31H37FN4O3S. The minimum Gasteiger partial charge on any atom is -0.375 e. The van der Waals surface area contributed by atoms with Crippen molar-refractivity contribution in [3.63, 3.8) is 0 Å². The third-order valence-electron chi connectivity index (χ3n) is 7.72. The zero-order chi connectivity index (χ0) is 28.1. The average Bonchev–Trinajstić information content (AvgIpc) is 3.33. The quantitative estimate of drug-likeness (QED) is 0.324. The third kappa shape index (κ3) is 7.33. The highest BCUT2D eigenvalue weighted by Crippen LogP contribution is 2.30. The molecule has 2 aliphatic rings. The third-order valence-corrected chi connectivity index (χ3v) is 9.03. The van der Waals surface area contributed by atoms with Crippen LogP contribution in [-0.2, 0) is 11.2 Å². The number of likely N-dealkylation sites (tertiary alicyclic amines) is 1. The van der Waals surface area contributed by atoms with Gasteiger partial charge in [-0.05, 0) is 81.3 Å². The summed E-state index contributed by atoms with van der Waals surface area (Å²) in [4.78, 5) is 32.5. The number of hydrogen-bond donors (Lipinski definition) is 2. The van der Waals surface area contributed by atoms with E-state index in [9.17, 15) is 14.0 Å². The molecular weight excluding hydrogens is 527 g/mol. The second kappa shape index (κ2) is 13.0. The number of halogens is 1. The molecule has 2 N–H and O–H groups in total. The Morgan fingerprint density at radius 3 is 2.75 bits per heavy atom. The molecule has 3 atom stereocenters. The molecule has 2 aliphatic heterocycles. The Morgan fingerprint density at radius 2 is 1.98 bits per heavy atom. The lowest BCUT2D eigenvalue weighted by Gasteiger charge is -2.39. The number of piperidine rings is 1. The van der Waals surface area contributed by atoms with Gasteiger partial charge in [-0.15, -0.1) is 11.3 Å². The minimum atomic E-state index is -0.259. The number of thiazole rings is 1. The van der Waals surface area contributed by atoms with Crippen LogP contribution in [0, 0.1) is 18.7 Å². The summed E-state index contributed by atoms with van der Waals surface area (Å²) in [5.74, 6) is 0.335. The van der Waals surface area contributed by atoms with Crippen molar-refractivity contribution >= 4 is 28.8 Å². The second-order valence-corrected chi connectivity index (χ2v) is 11.9. The largest absolute Gasteiger partial charge is 0.375 e. The SMILES string of the molecule is CC(=O)c1sc(-c2cccc(NC(=O)N[C@@H]3CCCO[C@@H]3CN3CCC[C@@H](Cc4ccc(F)cc4)C3)c2)nc1C. The molecule has 3 heterocycles. The first-order valence-electron chi connectivity index (χ1n) is 14.1. The molecule has 0 unspecified atom stereocenters. The van der Waals surface area contributed by atoms with Crippen LogP contribution in [0.2, 0.25) is 0 Å². The van der Waals surface area contributed by atoms with E-state index in [4.69, 9.17) is 4.74 Å². The average molecular weight is 565 g/mol. The van der Waals surface area contributed by atoms with Gasteiger partial charge in [0.1, 0.15) is 10.8 Å². The number of urea groups is 1. The fourth-order valence-corrected chi connectivity index (χ4v) is 6.75. The Hall–Kier alpha value is -3.14. The van der Waals surface area contributed by atoms with Crippen LogP contribution in [0.15, 0.2) is 48.5 Å². The van der Waals surface area contributed by atoms with Gasteiger partial charge in [-0.3, -0.25) is 4.79 Å². The van der Waals surface area contributed by atoms with E-state index >= 15 is 0 Å². The Balaban J connectivity index is 1.17.